The zero-order valence-corrected chi connectivity index (χ0v) is 16.4. The van der Waals surface area contributed by atoms with Crippen molar-refractivity contribution >= 4 is 5.96 Å². The van der Waals surface area contributed by atoms with Gasteiger partial charge >= 0.3 is 0 Å². The Bertz CT molecular complexity index is 705. The summed E-state index contributed by atoms with van der Waals surface area (Å²) in [6.45, 7) is 10.5. The third-order valence-electron chi connectivity index (χ3n) is 3.78. The number of pyridine rings is 1. The lowest BCUT2D eigenvalue weighted by Crippen LogP contribution is -2.37. The molecule has 7 heteroatoms. The Morgan fingerprint density at radius 3 is 2.65 bits per heavy atom. The molecular weight excluding hydrogens is 328 g/mol. The van der Waals surface area contributed by atoms with Crippen molar-refractivity contribution in [3.05, 3.63) is 41.3 Å². The second-order valence-electron chi connectivity index (χ2n) is 6.53. The molecule has 2 rings (SSSR count). The van der Waals surface area contributed by atoms with Gasteiger partial charge in [-0.25, -0.2) is 4.98 Å². The first kappa shape index (κ1) is 19.8. The Balaban J connectivity index is 1.71. The van der Waals surface area contributed by atoms with Gasteiger partial charge in [-0.1, -0.05) is 6.07 Å². The van der Waals surface area contributed by atoms with Crippen molar-refractivity contribution in [1.29, 1.82) is 0 Å². The van der Waals surface area contributed by atoms with Crippen molar-refractivity contribution in [1.82, 2.24) is 25.4 Å². The summed E-state index contributed by atoms with van der Waals surface area (Å²) in [6.07, 6.45) is 2.93. The minimum Gasteiger partial charge on any atom is -0.475 e. The Kier molecular flexibility index (Phi) is 7.44. The van der Waals surface area contributed by atoms with Crippen molar-refractivity contribution in [3.63, 3.8) is 0 Å². The maximum absolute atomic E-state index is 5.55. The largest absolute Gasteiger partial charge is 0.475 e. The maximum atomic E-state index is 5.55. The Labute approximate surface area is 155 Å². The first-order chi connectivity index (χ1) is 12.5. The Morgan fingerprint density at radius 1 is 1.27 bits per heavy atom. The fourth-order valence-corrected chi connectivity index (χ4v) is 2.57. The number of hydrogen-bond acceptors (Lipinski definition) is 4. The number of aliphatic imine (C=N–C) groups is 1. The first-order valence-electron chi connectivity index (χ1n) is 9.05. The predicted octanol–water partition coefficient (Wildman–Crippen LogP) is 2.44. The molecule has 0 bridgehead atoms. The molecule has 7 nitrogen and oxygen atoms in total. The molecule has 142 valence electrons. The molecule has 0 saturated carbocycles. The highest BCUT2D eigenvalue weighted by atomic mass is 16.5. The zero-order valence-electron chi connectivity index (χ0n) is 16.4. The van der Waals surface area contributed by atoms with Gasteiger partial charge in [0.25, 0.3) is 0 Å². The average molecular weight is 358 g/mol. The van der Waals surface area contributed by atoms with Crippen LogP contribution in [-0.4, -0.2) is 40.4 Å². The third kappa shape index (κ3) is 6.38. The predicted molar refractivity (Wildman–Crippen MR) is 105 cm³/mol. The van der Waals surface area contributed by atoms with Gasteiger partial charge < -0.3 is 15.4 Å². The first-order valence-corrected chi connectivity index (χ1v) is 9.05. The lowest BCUT2D eigenvalue weighted by atomic mass is 10.3. The molecule has 0 saturated heterocycles. The second-order valence-corrected chi connectivity index (χ2v) is 6.53. The fraction of sp³-hybridized carbons (Fsp3) is 0.526. The molecule has 2 aromatic rings. The van der Waals surface area contributed by atoms with Crippen molar-refractivity contribution in [3.8, 4) is 5.88 Å². The summed E-state index contributed by atoms with van der Waals surface area (Å²) in [4.78, 5) is 8.56. The molecular formula is C19H30N6O. The molecule has 2 N–H and O–H groups in total. The molecule has 0 aromatic carbocycles. The van der Waals surface area contributed by atoms with Crippen LogP contribution in [0.3, 0.4) is 0 Å². The summed E-state index contributed by atoms with van der Waals surface area (Å²) in [6, 6.07) is 5.99. The van der Waals surface area contributed by atoms with E-state index < -0.39 is 0 Å². The Morgan fingerprint density at radius 2 is 2.08 bits per heavy atom. The molecule has 0 fully saturated rings. The third-order valence-corrected chi connectivity index (χ3v) is 3.78. The van der Waals surface area contributed by atoms with Crippen molar-refractivity contribution < 1.29 is 4.74 Å². The summed E-state index contributed by atoms with van der Waals surface area (Å²) in [5.74, 6) is 1.43. The number of ether oxygens (including phenoxy) is 1. The van der Waals surface area contributed by atoms with Crippen LogP contribution in [0.1, 0.15) is 37.2 Å². The molecule has 0 spiro atoms. The monoisotopic (exact) mass is 358 g/mol. The summed E-state index contributed by atoms with van der Waals surface area (Å²) >= 11 is 0. The van der Waals surface area contributed by atoms with Crippen molar-refractivity contribution in [2.45, 2.75) is 53.3 Å². The lowest BCUT2D eigenvalue weighted by molar-refractivity contribution is 0.232. The number of aromatic nitrogens is 3. The number of aryl methyl sites for hydroxylation is 3. The van der Waals surface area contributed by atoms with E-state index in [1.54, 1.807) is 7.05 Å². The molecule has 0 radical (unpaired) electrons. The summed E-state index contributed by atoms with van der Waals surface area (Å²) < 4.78 is 7.59. The minimum atomic E-state index is 0.129. The van der Waals surface area contributed by atoms with Crippen LogP contribution in [0.4, 0.5) is 0 Å². The fourth-order valence-electron chi connectivity index (χ4n) is 2.57. The van der Waals surface area contributed by atoms with E-state index in [1.807, 2.05) is 43.8 Å². The number of guanidine groups is 1. The van der Waals surface area contributed by atoms with Gasteiger partial charge in [-0.15, -0.1) is 0 Å². The van der Waals surface area contributed by atoms with Gasteiger partial charge in [0, 0.05) is 44.6 Å². The molecule has 0 aliphatic heterocycles. The smallest absolute Gasteiger partial charge is 0.213 e. The van der Waals surface area contributed by atoms with Crippen molar-refractivity contribution in [2.75, 3.05) is 13.6 Å². The van der Waals surface area contributed by atoms with E-state index in [0.29, 0.717) is 12.4 Å². The molecule has 0 amide bonds. The number of hydrogen-bond donors (Lipinski definition) is 2. The van der Waals surface area contributed by atoms with Crippen LogP contribution >= 0.6 is 0 Å². The van der Waals surface area contributed by atoms with Crippen molar-refractivity contribution in [2.24, 2.45) is 4.99 Å². The van der Waals surface area contributed by atoms with Gasteiger partial charge in [0.1, 0.15) is 0 Å². The molecule has 0 aliphatic rings. The molecule has 0 aliphatic carbocycles. The summed E-state index contributed by atoms with van der Waals surface area (Å²) in [5.41, 5.74) is 3.33. The molecule has 2 heterocycles. The van der Waals surface area contributed by atoms with Gasteiger partial charge in [0.15, 0.2) is 5.96 Å². The second kappa shape index (κ2) is 9.79. The SMILES string of the molecule is CN=C(NCCCn1nc(C)cc1C)NCc1ccc(OC(C)C)nc1. The van der Waals surface area contributed by atoms with E-state index in [1.165, 1.54) is 5.69 Å². The van der Waals surface area contributed by atoms with Crippen LogP contribution in [0.25, 0.3) is 0 Å². The van der Waals surface area contributed by atoms with Crippen LogP contribution in [0.15, 0.2) is 29.4 Å². The summed E-state index contributed by atoms with van der Waals surface area (Å²) in [7, 11) is 1.77. The van der Waals surface area contributed by atoms with Crippen LogP contribution in [0, 0.1) is 13.8 Å². The molecule has 2 aromatic heterocycles. The average Bonchev–Trinajstić information content (AvgIpc) is 2.92. The van der Waals surface area contributed by atoms with Crippen LogP contribution in [-0.2, 0) is 13.1 Å². The van der Waals surface area contributed by atoms with Crippen LogP contribution in [0.5, 0.6) is 5.88 Å². The highest BCUT2D eigenvalue weighted by molar-refractivity contribution is 5.79. The molecule has 26 heavy (non-hydrogen) atoms. The van der Waals surface area contributed by atoms with Gasteiger partial charge in [-0.05, 0) is 45.7 Å². The quantitative estimate of drug-likeness (QED) is 0.431. The van der Waals surface area contributed by atoms with Gasteiger partial charge in [0.2, 0.25) is 5.88 Å². The van der Waals surface area contributed by atoms with Gasteiger partial charge in [-0.3, -0.25) is 9.67 Å². The van der Waals surface area contributed by atoms with Crippen LogP contribution < -0.4 is 15.4 Å². The van der Waals surface area contributed by atoms with E-state index in [9.17, 15) is 0 Å². The number of rotatable bonds is 8. The van der Waals surface area contributed by atoms with Gasteiger partial charge in [0.05, 0.1) is 11.8 Å². The normalized spacial score (nSPS) is 11.7. The minimum absolute atomic E-state index is 0.129. The van der Waals surface area contributed by atoms with E-state index >= 15 is 0 Å². The topological polar surface area (TPSA) is 76.4 Å². The lowest BCUT2D eigenvalue weighted by Gasteiger charge is -2.13. The van der Waals surface area contributed by atoms with E-state index in [2.05, 4.69) is 38.7 Å². The zero-order chi connectivity index (χ0) is 18.9. The standard InChI is InChI=1S/C19H30N6O/c1-14(2)26-18-8-7-17(12-22-18)13-23-19(20-5)21-9-6-10-25-16(4)11-15(3)24-25/h7-8,11-12,14H,6,9-10,13H2,1-5H3,(H2,20,21,23). The van der Waals surface area contributed by atoms with E-state index in [-0.39, 0.29) is 6.10 Å². The van der Waals surface area contributed by atoms with Gasteiger partial charge in [-0.2, -0.15) is 5.10 Å². The Hall–Kier alpha value is -2.57. The molecule has 0 unspecified atom stereocenters. The number of nitrogens with zero attached hydrogens (tertiary/aromatic N) is 4. The maximum Gasteiger partial charge on any atom is 0.213 e. The molecule has 0 atom stereocenters. The highest BCUT2D eigenvalue weighted by Crippen LogP contribution is 2.09. The van der Waals surface area contributed by atoms with E-state index in [0.717, 1.165) is 36.7 Å². The number of nitrogens with one attached hydrogen (secondary N) is 2. The van der Waals surface area contributed by atoms with E-state index in [4.69, 9.17) is 4.74 Å². The van der Waals surface area contributed by atoms with Crippen LogP contribution in [0.2, 0.25) is 0 Å². The summed E-state index contributed by atoms with van der Waals surface area (Å²) in [5, 5.41) is 11.1. The highest BCUT2D eigenvalue weighted by Gasteiger charge is 2.03.